The van der Waals surface area contributed by atoms with Crippen LogP contribution in [-0.2, 0) is 13.6 Å². The summed E-state index contributed by atoms with van der Waals surface area (Å²) in [4.78, 5) is 0. The van der Waals surface area contributed by atoms with Crippen molar-refractivity contribution in [1.82, 2.24) is 0 Å². The molecule has 0 spiro atoms. The Balaban J connectivity index is 2.70. The molecule has 0 N–H and O–H groups in total. The molecule has 1 heterocycles. The van der Waals surface area contributed by atoms with Crippen molar-refractivity contribution in [1.29, 1.82) is 0 Å². The zero-order valence-corrected chi connectivity index (χ0v) is 11.8. The van der Waals surface area contributed by atoms with Gasteiger partial charge in [0, 0.05) is 0 Å². The van der Waals surface area contributed by atoms with E-state index in [9.17, 15) is 4.57 Å². The van der Waals surface area contributed by atoms with Gasteiger partial charge in [-0.1, -0.05) is 23.5 Å². The predicted molar refractivity (Wildman–Crippen MR) is 67.5 cm³/mol. The van der Waals surface area contributed by atoms with Crippen LogP contribution in [0.3, 0.4) is 0 Å². The van der Waals surface area contributed by atoms with E-state index in [2.05, 4.69) is 4.76 Å². The van der Waals surface area contributed by atoms with E-state index in [1.807, 2.05) is 27.7 Å². The molecule has 0 amide bonds. The van der Waals surface area contributed by atoms with Gasteiger partial charge in [-0.15, -0.1) is 0 Å². The second-order valence-electron chi connectivity index (χ2n) is 3.55. The van der Waals surface area contributed by atoms with Crippen LogP contribution in [0.5, 0.6) is 0 Å². The SMILES string of the molecule is CC(C)OP(=O)(N=C1SCS1)OC(C)C. The Hall–Kier alpha value is 0.520. The molecule has 1 aliphatic rings. The molecule has 0 aromatic rings. The Labute approximate surface area is 99.2 Å². The molecule has 1 aliphatic heterocycles. The molecule has 1 rings (SSSR count). The number of hydrogen-bond acceptors (Lipinski definition) is 5. The summed E-state index contributed by atoms with van der Waals surface area (Å²) in [5.74, 6) is 0. The van der Waals surface area contributed by atoms with Crippen molar-refractivity contribution in [2.75, 3.05) is 5.08 Å². The Morgan fingerprint density at radius 2 is 1.67 bits per heavy atom. The smallest absolute Gasteiger partial charge is 0.288 e. The molecule has 0 unspecified atom stereocenters. The van der Waals surface area contributed by atoms with Crippen LogP contribution in [0.1, 0.15) is 27.7 Å². The Morgan fingerprint density at radius 1 is 1.20 bits per heavy atom. The fourth-order valence-electron chi connectivity index (χ4n) is 0.874. The summed E-state index contributed by atoms with van der Waals surface area (Å²) in [6.45, 7) is 7.27. The van der Waals surface area contributed by atoms with Gasteiger partial charge >= 0.3 is 7.75 Å². The molecule has 0 bridgehead atoms. The Morgan fingerprint density at radius 3 is 1.93 bits per heavy atom. The molecule has 4 nitrogen and oxygen atoms in total. The number of thioether (sulfide) groups is 2. The zero-order chi connectivity index (χ0) is 11.5. The Bertz CT molecular complexity index is 274. The van der Waals surface area contributed by atoms with E-state index in [0.717, 1.165) is 9.46 Å². The van der Waals surface area contributed by atoms with Gasteiger partial charge < -0.3 is 0 Å². The van der Waals surface area contributed by atoms with Crippen LogP contribution in [0.2, 0.25) is 0 Å². The maximum absolute atomic E-state index is 12.2. The molecule has 15 heavy (non-hydrogen) atoms. The van der Waals surface area contributed by atoms with Crippen molar-refractivity contribution in [2.45, 2.75) is 39.9 Å². The summed E-state index contributed by atoms with van der Waals surface area (Å²) in [5.41, 5.74) is 0. The second-order valence-corrected chi connectivity index (χ2v) is 7.66. The molecule has 0 aromatic carbocycles. The summed E-state index contributed by atoms with van der Waals surface area (Å²) in [6.07, 6.45) is -0.317. The van der Waals surface area contributed by atoms with Crippen LogP contribution < -0.4 is 0 Å². The lowest BCUT2D eigenvalue weighted by atomic mass is 10.5. The van der Waals surface area contributed by atoms with E-state index in [1.165, 1.54) is 0 Å². The highest BCUT2D eigenvalue weighted by Gasteiger charge is 2.30. The van der Waals surface area contributed by atoms with Gasteiger partial charge in [-0.25, -0.2) is 4.57 Å². The van der Waals surface area contributed by atoms with Crippen molar-refractivity contribution < 1.29 is 13.6 Å². The summed E-state index contributed by atoms with van der Waals surface area (Å²) >= 11 is 3.13. The standard InChI is InChI=1S/C8H16NO3PS2/c1-6(2)11-13(10,12-7(3)4)9-8-14-5-15-8/h6-7H,5H2,1-4H3. The van der Waals surface area contributed by atoms with Gasteiger partial charge in [-0.2, -0.15) is 4.76 Å². The van der Waals surface area contributed by atoms with Gasteiger partial charge in [-0.3, -0.25) is 9.05 Å². The van der Waals surface area contributed by atoms with Crippen molar-refractivity contribution >= 4 is 35.6 Å². The third-order valence-electron chi connectivity index (χ3n) is 1.26. The van der Waals surface area contributed by atoms with E-state index in [-0.39, 0.29) is 12.2 Å². The minimum atomic E-state index is -3.31. The van der Waals surface area contributed by atoms with Crippen molar-refractivity contribution in [2.24, 2.45) is 4.76 Å². The van der Waals surface area contributed by atoms with E-state index in [4.69, 9.17) is 9.05 Å². The largest absolute Gasteiger partial charge is 0.455 e. The summed E-state index contributed by atoms with van der Waals surface area (Å²) < 4.78 is 27.6. The monoisotopic (exact) mass is 269 g/mol. The van der Waals surface area contributed by atoms with Gasteiger partial charge in [0.25, 0.3) is 0 Å². The number of rotatable bonds is 5. The maximum Gasteiger partial charge on any atom is 0.455 e. The lowest BCUT2D eigenvalue weighted by Gasteiger charge is -2.21. The van der Waals surface area contributed by atoms with Crippen LogP contribution in [-0.4, -0.2) is 21.7 Å². The molecule has 1 saturated heterocycles. The van der Waals surface area contributed by atoms with Crippen molar-refractivity contribution in [3.8, 4) is 0 Å². The molecule has 88 valence electrons. The van der Waals surface area contributed by atoms with Crippen LogP contribution in [0.15, 0.2) is 4.76 Å². The summed E-state index contributed by atoms with van der Waals surface area (Å²) in [5, 5.41) is 0.961. The first-order chi connectivity index (χ1) is 6.91. The highest BCUT2D eigenvalue weighted by molar-refractivity contribution is 8.52. The van der Waals surface area contributed by atoms with Gasteiger partial charge in [-0.05, 0) is 27.7 Å². The van der Waals surface area contributed by atoms with E-state index >= 15 is 0 Å². The highest BCUT2D eigenvalue weighted by Crippen LogP contribution is 2.54. The molecule has 0 radical (unpaired) electrons. The third kappa shape index (κ3) is 4.91. The first-order valence-corrected chi connectivity index (χ1v) is 8.20. The lowest BCUT2D eigenvalue weighted by molar-refractivity contribution is 0.143. The Kier molecular flexibility index (Phi) is 5.19. The first-order valence-electron chi connectivity index (χ1n) is 4.74. The molecule has 0 aromatic heterocycles. The van der Waals surface area contributed by atoms with Crippen LogP contribution >= 0.6 is 31.3 Å². The molecule has 0 atom stereocenters. The average Bonchev–Trinajstić information content (AvgIpc) is 1.93. The molecule has 0 saturated carbocycles. The highest BCUT2D eigenvalue weighted by atomic mass is 32.3. The third-order valence-corrected chi connectivity index (χ3v) is 5.68. The van der Waals surface area contributed by atoms with Crippen LogP contribution in [0.4, 0.5) is 0 Å². The topological polar surface area (TPSA) is 47.9 Å². The quantitative estimate of drug-likeness (QED) is 0.711. The van der Waals surface area contributed by atoms with E-state index < -0.39 is 7.75 Å². The summed E-state index contributed by atoms with van der Waals surface area (Å²) in [7, 11) is -3.31. The van der Waals surface area contributed by atoms with Gasteiger partial charge in [0.2, 0.25) is 0 Å². The molecule has 0 aliphatic carbocycles. The van der Waals surface area contributed by atoms with Gasteiger partial charge in [0.1, 0.15) is 4.38 Å². The minimum absolute atomic E-state index is 0.158. The first kappa shape index (κ1) is 13.6. The number of nitrogens with zero attached hydrogens (tertiary/aromatic N) is 1. The van der Waals surface area contributed by atoms with Crippen LogP contribution in [0, 0.1) is 0 Å². The maximum atomic E-state index is 12.2. The normalized spacial score (nSPS) is 17.1. The predicted octanol–water partition coefficient (Wildman–Crippen LogP) is 3.74. The lowest BCUT2D eigenvalue weighted by Crippen LogP contribution is -2.08. The van der Waals surface area contributed by atoms with Crippen LogP contribution in [0.25, 0.3) is 0 Å². The van der Waals surface area contributed by atoms with Crippen molar-refractivity contribution in [3.63, 3.8) is 0 Å². The molecular weight excluding hydrogens is 253 g/mol. The van der Waals surface area contributed by atoms with E-state index in [1.54, 1.807) is 23.5 Å². The fraction of sp³-hybridized carbons (Fsp3) is 0.875. The molecule has 7 heteroatoms. The molecular formula is C8H16NO3PS2. The zero-order valence-electron chi connectivity index (χ0n) is 9.30. The fourth-order valence-corrected chi connectivity index (χ4v) is 4.24. The van der Waals surface area contributed by atoms with Gasteiger partial charge in [0.05, 0.1) is 17.3 Å². The van der Waals surface area contributed by atoms with Gasteiger partial charge in [0.15, 0.2) is 0 Å². The summed E-state index contributed by atoms with van der Waals surface area (Å²) in [6, 6.07) is 0. The average molecular weight is 269 g/mol. The molecule has 1 fully saturated rings. The second kappa shape index (κ2) is 5.73. The van der Waals surface area contributed by atoms with Crippen molar-refractivity contribution in [3.05, 3.63) is 0 Å². The minimum Gasteiger partial charge on any atom is -0.288 e. The van der Waals surface area contributed by atoms with E-state index in [0.29, 0.717) is 0 Å². The number of hydrogen-bond donors (Lipinski definition) is 0.